The summed E-state index contributed by atoms with van der Waals surface area (Å²) in [7, 11) is 0. The van der Waals surface area contributed by atoms with Crippen molar-refractivity contribution >= 4 is 5.78 Å². The third-order valence-corrected chi connectivity index (χ3v) is 6.55. The molecule has 2 nitrogen and oxygen atoms in total. The van der Waals surface area contributed by atoms with Gasteiger partial charge in [-0.15, -0.1) is 0 Å². The Morgan fingerprint density at radius 3 is 2.59 bits per heavy atom. The van der Waals surface area contributed by atoms with Crippen LogP contribution in [0.4, 0.5) is 0 Å². The van der Waals surface area contributed by atoms with Crippen LogP contribution in [0.15, 0.2) is 11.6 Å². The molecule has 0 radical (unpaired) electrons. The van der Waals surface area contributed by atoms with E-state index >= 15 is 0 Å². The summed E-state index contributed by atoms with van der Waals surface area (Å²) in [6.45, 7) is 11.6. The smallest absolute Gasteiger partial charge is 0.159 e. The van der Waals surface area contributed by atoms with E-state index in [1.54, 1.807) is 0 Å². The van der Waals surface area contributed by atoms with E-state index < -0.39 is 0 Å². The molecule has 1 saturated carbocycles. The number of fused-ring (bicyclic) bond motifs is 1. The zero-order chi connectivity index (χ0) is 16.5. The zero-order valence-corrected chi connectivity index (χ0v) is 15.1. The third-order valence-electron chi connectivity index (χ3n) is 6.55. The Balaban J connectivity index is 2.24. The highest BCUT2D eigenvalue weighted by Crippen LogP contribution is 2.59. The molecule has 0 aliphatic heterocycles. The van der Waals surface area contributed by atoms with Crippen LogP contribution in [0.1, 0.15) is 73.1 Å². The highest BCUT2D eigenvalue weighted by Gasteiger charge is 2.55. The minimum atomic E-state index is 0.121. The van der Waals surface area contributed by atoms with Gasteiger partial charge in [-0.25, -0.2) is 0 Å². The summed E-state index contributed by atoms with van der Waals surface area (Å²) in [5, 5.41) is 9.11. The molecular formula is C20H34O2. The van der Waals surface area contributed by atoms with Crippen LogP contribution in [-0.2, 0) is 4.79 Å². The maximum atomic E-state index is 12.7. The normalized spacial score (nSPS) is 35.7. The van der Waals surface area contributed by atoms with Crippen LogP contribution in [0.25, 0.3) is 0 Å². The molecule has 0 amide bonds. The van der Waals surface area contributed by atoms with Crippen molar-refractivity contribution in [1.29, 1.82) is 0 Å². The van der Waals surface area contributed by atoms with Gasteiger partial charge < -0.3 is 5.11 Å². The minimum Gasteiger partial charge on any atom is -0.396 e. The summed E-state index contributed by atoms with van der Waals surface area (Å²) < 4.78 is 0. The second-order valence-electron chi connectivity index (χ2n) is 8.82. The van der Waals surface area contributed by atoms with Gasteiger partial charge in [-0.3, -0.25) is 4.79 Å². The second-order valence-corrected chi connectivity index (χ2v) is 8.82. The SMILES string of the molecule is CC1=CC(=O)C2C(C)(C)CCCC2(C)C1CCC(C)CCO. The molecule has 1 N–H and O–H groups in total. The van der Waals surface area contributed by atoms with Gasteiger partial charge in [0.25, 0.3) is 0 Å². The Labute approximate surface area is 136 Å². The maximum Gasteiger partial charge on any atom is 0.159 e. The molecule has 0 aromatic heterocycles. The monoisotopic (exact) mass is 306 g/mol. The molecule has 2 aliphatic rings. The van der Waals surface area contributed by atoms with Crippen LogP contribution in [0.3, 0.4) is 0 Å². The summed E-state index contributed by atoms with van der Waals surface area (Å²) in [4.78, 5) is 12.7. The first-order chi connectivity index (χ1) is 10.2. The van der Waals surface area contributed by atoms with E-state index in [0.29, 0.717) is 17.6 Å². The average Bonchev–Trinajstić information content (AvgIpc) is 2.36. The first kappa shape index (κ1) is 17.7. The van der Waals surface area contributed by atoms with Gasteiger partial charge in [-0.2, -0.15) is 0 Å². The number of aliphatic hydroxyl groups excluding tert-OH is 1. The Hall–Kier alpha value is -0.630. The van der Waals surface area contributed by atoms with Crippen molar-refractivity contribution in [2.45, 2.75) is 73.1 Å². The number of allylic oxidation sites excluding steroid dienone is 2. The Morgan fingerprint density at radius 1 is 1.27 bits per heavy atom. The van der Waals surface area contributed by atoms with E-state index in [9.17, 15) is 4.79 Å². The van der Waals surface area contributed by atoms with Gasteiger partial charge in [0, 0.05) is 12.5 Å². The van der Waals surface area contributed by atoms with Crippen LogP contribution >= 0.6 is 0 Å². The molecule has 22 heavy (non-hydrogen) atoms. The van der Waals surface area contributed by atoms with Crippen LogP contribution in [0, 0.1) is 28.6 Å². The number of carbonyl (C=O) groups is 1. The molecule has 0 bridgehead atoms. The number of aliphatic hydroxyl groups is 1. The summed E-state index contributed by atoms with van der Waals surface area (Å²) >= 11 is 0. The van der Waals surface area contributed by atoms with Gasteiger partial charge in [0.1, 0.15) is 0 Å². The standard InChI is InChI=1S/C20H34O2/c1-14(9-12-21)7-8-16-15(2)13-17(22)18-19(3,4)10-6-11-20(16,18)5/h13-14,16,18,21H,6-12H2,1-5H3. The van der Waals surface area contributed by atoms with Crippen molar-refractivity contribution in [3.8, 4) is 0 Å². The molecular weight excluding hydrogens is 272 g/mol. The molecule has 2 heteroatoms. The van der Waals surface area contributed by atoms with Crippen molar-refractivity contribution in [2.24, 2.45) is 28.6 Å². The van der Waals surface area contributed by atoms with E-state index in [0.717, 1.165) is 19.3 Å². The predicted molar refractivity (Wildman–Crippen MR) is 91.6 cm³/mol. The first-order valence-corrected chi connectivity index (χ1v) is 9.05. The Bertz CT molecular complexity index is 449. The maximum absolute atomic E-state index is 12.7. The van der Waals surface area contributed by atoms with Gasteiger partial charge in [-0.1, -0.05) is 46.1 Å². The number of hydrogen-bond donors (Lipinski definition) is 1. The highest BCUT2D eigenvalue weighted by atomic mass is 16.3. The molecule has 4 atom stereocenters. The molecule has 126 valence electrons. The quantitative estimate of drug-likeness (QED) is 0.795. The van der Waals surface area contributed by atoms with Crippen molar-refractivity contribution in [1.82, 2.24) is 0 Å². The van der Waals surface area contributed by atoms with Crippen molar-refractivity contribution < 1.29 is 9.90 Å². The number of rotatable bonds is 5. The molecule has 1 fully saturated rings. The van der Waals surface area contributed by atoms with Crippen LogP contribution < -0.4 is 0 Å². The van der Waals surface area contributed by atoms with Crippen molar-refractivity contribution in [2.75, 3.05) is 6.61 Å². The Kier molecular flexibility index (Phi) is 5.21. The number of carbonyl (C=O) groups excluding carboxylic acids is 1. The molecule has 0 aromatic rings. The second kappa shape index (κ2) is 6.47. The predicted octanol–water partition coefficient (Wildman–Crippen LogP) is 4.76. The summed E-state index contributed by atoms with van der Waals surface area (Å²) in [6, 6.07) is 0. The van der Waals surface area contributed by atoms with Crippen molar-refractivity contribution in [3.63, 3.8) is 0 Å². The fourth-order valence-corrected chi connectivity index (χ4v) is 5.49. The molecule has 0 aromatic carbocycles. The van der Waals surface area contributed by atoms with Crippen LogP contribution in [0.5, 0.6) is 0 Å². The molecule has 2 rings (SSSR count). The molecule has 0 spiro atoms. The number of ketones is 1. The number of hydrogen-bond acceptors (Lipinski definition) is 2. The van der Waals surface area contributed by atoms with Gasteiger partial charge in [0.2, 0.25) is 0 Å². The van der Waals surface area contributed by atoms with E-state index in [-0.39, 0.29) is 23.4 Å². The van der Waals surface area contributed by atoms with Gasteiger partial charge in [0.05, 0.1) is 0 Å². The van der Waals surface area contributed by atoms with Crippen molar-refractivity contribution in [3.05, 3.63) is 11.6 Å². The molecule has 2 aliphatic carbocycles. The molecule has 0 saturated heterocycles. The van der Waals surface area contributed by atoms with Gasteiger partial charge in [-0.05, 0) is 61.3 Å². The lowest BCUT2D eigenvalue weighted by Gasteiger charge is -2.55. The topological polar surface area (TPSA) is 37.3 Å². The van der Waals surface area contributed by atoms with E-state index in [1.807, 2.05) is 6.08 Å². The van der Waals surface area contributed by atoms with E-state index in [1.165, 1.54) is 24.8 Å². The average molecular weight is 306 g/mol. The lowest BCUT2D eigenvalue weighted by atomic mass is 9.48. The van der Waals surface area contributed by atoms with E-state index in [4.69, 9.17) is 5.11 Å². The lowest BCUT2D eigenvalue weighted by Crippen LogP contribution is -2.52. The summed E-state index contributed by atoms with van der Waals surface area (Å²) in [5.74, 6) is 1.63. The first-order valence-electron chi connectivity index (χ1n) is 9.05. The Morgan fingerprint density at radius 2 is 1.95 bits per heavy atom. The summed E-state index contributed by atoms with van der Waals surface area (Å²) in [5.41, 5.74) is 1.53. The minimum absolute atomic E-state index is 0.121. The third kappa shape index (κ3) is 3.18. The molecule has 4 unspecified atom stereocenters. The fraction of sp³-hybridized carbons (Fsp3) is 0.850. The fourth-order valence-electron chi connectivity index (χ4n) is 5.49. The van der Waals surface area contributed by atoms with Gasteiger partial charge in [0.15, 0.2) is 5.78 Å². The molecule has 0 heterocycles. The highest BCUT2D eigenvalue weighted by molar-refractivity contribution is 5.94. The summed E-state index contributed by atoms with van der Waals surface area (Å²) in [6.07, 6.45) is 8.72. The van der Waals surface area contributed by atoms with Crippen LogP contribution in [0.2, 0.25) is 0 Å². The largest absolute Gasteiger partial charge is 0.396 e. The zero-order valence-electron chi connectivity index (χ0n) is 15.1. The van der Waals surface area contributed by atoms with Crippen LogP contribution in [-0.4, -0.2) is 17.5 Å². The van der Waals surface area contributed by atoms with E-state index in [2.05, 4.69) is 34.6 Å². The lowest BCUT2D eigenvalue weighted by molar-refractivity contribution is -0.136. The van der Waals surface area contributed by atoms with Gasteiger partial charge >= 0.3 is 0 Å².